The first-order chi connectivity index (χ1) is 7.66. The van der Waals surface area contributed by atoms with Gasteiger partial charge >= 0.3 is 0 Å². The lowest BCUT2D eigenvalue weighted by molar-refractivity contribution is 0.0965. The van der Waals surface area contributed by atoms with Crippen molar-refractivity contribution in [2.75, 3.05) is 0 Å². The second-order valence-electron chi connectivity index (χ2n) is 3.54. The van der Waals surface area contributed by atoms with Crippen LogP contribution >= 0.6 is 15.9 Å². The summed E-state index contributed by atoms with van der Waals surface area (Å²) in [5.41, 5.74) is 1.74. The van der Waals surface area contributed by atoms with Gasteiger partial charge in [0.25, 0.3) is 0 Å². The number of furan rings is 1. The fourth-order valence-electron chi connectivity index (χ4n) is 1.48. The largest absolute Gasteiger partial charge is 0.461 e. The van der Waals surface area contributed by atoms with E-state index in [1.807, 2.05) is 13.0 Å². The summed E-state index contributed by atoms with van der Waals surface area (Å²) in [5, 5.41) is 0. The molecule has 2 heterocycles. The summed E-state index contributed by atoms with van der Waals surface area (Å²) < 4.78 is 6.02. The molecule has 0 atom stereocenters. The molecule has 0 N–H and O–H groups in total. The zero-order valence-corrected chi connectivity index (χ0v) is 10.3. The first-order valence-corrected chi connectivity index (χ1v) is 5.63. The Hall–Kier alpha value is -1.42. The lowest BCUT2D eigenvalue weighted by atomic mass is 10.1. The predicted octanol–water partition coefficient (Wildman–Crippen LogP) is 3.17. The Morgan fingerprint density at radius 2 is 2.31 bits per heavy atom. The van der Waals surface area contributed by atoms with Gasteiger partial charge in [0, 0.05) is 23.3 Å². The topological polar surface area (TPSA) is 43.1 Å². The molecule has 0 bridgehead atoms. The summed E-state index contributed by atoms with van der Waals surface area (Å²) in [6.45, 7) is 1.86. The second kappa shape index (κ2) is 4.61. The van der Waals surface area contributed by atoms with Crippen molar-refractivity contribution >= 4 is 21.7 Å². The minimum atomic E-state index is -0.0256. The van der Waals surface area contributed by atoms with E-state index in [9.17, 15) is 4.79 Å². The monoisotopic (exact) mass is 279 g/mol. The molecule has 0 unspecified atom stereocenters. The molecule has 0 aliphatic rings. The smallest absolute Gasteiger partial charge is 0.202 e. The van der Waals surface area contributed by atoms with Gasteiger partial charge in [-0.1, -0.05) is 0 Å². The van der Waals surface area contributed by atoms with Gasteiger partial charge < -0.3 is 4.42 Å². The zero-order valence-electron chi connectivity index (χ0n) is 8.74. The molecule has 0 aromatic carbocycles. The molecular weight excluding hydrogens is 270 g/mol. The Morgan fingerprint density at radius 1 is 1.50 bits per heavy atom. The van der Waals surface area contributed by atoms with Gasteiger partial charge in [-0.05, 0) is 46.1 Å². The molecule has 0 aliphatic carbocycles. The third-order valence-corrected chi connectivity index (χ3v) is 2.68. The van der Waals surface area contributed by atoms with Crippen molar-refractivity contribution in [2.24, 2.45) is 0 Å². The highest BCUT2D eigenvalue weighted by Crippen LogP contribution is 2.15. The van der Waals surface area contributed by atoms with E-state index in [-0.39, 0.29) is 5.78 Å². The number of Topliss-reactive ketones (excluding diaryl/α,β-unsaturated/α-hetero) is 1. The molecule has 0 fully saturated rings. The summed E-state index contributed by atoms with van der Waals surface area (Å²) in [7, 11) is 0. The van der Waals surface area contributed by atoms with Gasteiger partial charge in [-0.2, -0.15) is 0 Å². The minimum Gasteiger partial charge on any atom is -0.461 e. The van der Waals surface area contributed by atoms with E-state index >= 15 is 0 Å². The Balaban J connectivity index is 2.17. The summed E-state index contributed by atoms with van der Waals surface area (Å²) in [6.07, 6.45) is 5.20. The van der Waals surface area contributed by atoms with Crippen LogP contribution in [0.15, 0.2) is 39.7 Å². The van der Waals surface area contributed by atoms with E-state index in [1.54, 1.807) is 18.5 Å². The maximum atomic E-state index is 11.9. The number of aryl methyl sites for hydroxylation is 1. The Labute approximate surface area is 102 Å². The van der Waals surface area contributed by atoms with Crippen LogP contribution in [0, 0.1) is 6.92 Å². The van der Waals surface area contributed by atoms with E-state index in [1.165, 1.54) is 6.26 Å². The molecule has 0 aliphatic heterocycles. The maximum Gasteiger partial charge on any atom is 0.202 e. The van der Waals surface area contributed by atoms with Crippen LogP contribution in [0.3, 0.4) is 0 Å². The zero-order chi connectivity index (χ0) is 11.5. The SMILES string of the molecule is Cc1ccoc1C(=O)Cc1cncc(Br)c1. The van der Waals surface area contributed by atoms with Crippen molar-refractivity contribution in [1.82, 2.24) is 4.98 Å². The molecular formula is C12H10BrNO2. The van der Waals surface area contributed by atoms with E-state index < -0.39 is 0 Å². The van der Waals surface area contributed by atoms with Gasteiger partial charge in [0.15, 0.2) is 5.76 Å². The van der Waals surface area contributed by atoms with Gasteiger partial charge in [0.2, 0.25) is 5.78 Å². The van der Waals surface area contributed by atoms with Crippen LogP contribution in [0.25, 0.3) is 0 Å². The highest BCUT2D eigenvalue weighted by atomic mass is 79.9. The number of rotatable bonds is 3. The molecule has 0 saturated carbocycles. The summed E-state index contributed by atoms with van der Waals surface area (Å²) in [4.78, 5) is 15.9. The van der Waals surface area contributed by atoms with Crippen LogP contribution in [0.1, 0.15) is 21.7 Å². The third kappa shape index (κ3) is 2.39. The summed E-state index contributed by atoms with van der Waals surface area (Å²) >= 11 is 3.32. The quantitative estimate of drug-likeness (QED) is 0.811. The van der Waals surface area contributed by atoms with E-state index in [2.05, 4.69) is 20.9 Å². The molecule has 2 aromatic heterocycles. The Bertz CT molecular complexity index is 519. The van der Waals surface area contributed by atoms with Crippen LogP contribution in [0.2, 0.25) is 0 Å². The number of ketones is 1. The molecule has 2 rings (SSSR count). The van der Waals surface area contributed by atoms with Gasteiger partial charge in [-0.15, -0.1) is 0 Å². The summed E-state index contributed by atoms with van der Waals surface area (Å²) in [5.74, 6) is 0.405. The van der Waals surface area contributed by atoms with E-state index in [0.717, 1.165) is 15.6 Å². The van der Waals surface area contributed by atoms with Crippen molar-refractivity contribution in [3.63, 3.8) is 0 Å². The maximum absolute atomic E-state index is 11.9. The van der Waals surface area contributed by atoms with Crippen LogP contribution in [0.5, 0.6) is 0 Å². The molecule has 3 nitrogen and oxygen atoms in total. The number of halogens is 1. The van der Waals surface area contributed by atoms with Gasteiger partial charge in [-0.25, -0.2) is 0 Å². The van der Waals surface area contributed by atoms with Crippen molar-refractivity contribution in [1.29, 1.82) is 0 Å². The highest BCUT2D eigenvalue weighted by molar-refractivity contribution is 9.10. The van der Waals surface area contributed by atoms with Crippen LogP contribution < -0.4 is 0 Å². The number of aromatic nitrogens is 1. The molecule has 0 amide bonds. The molecule has 0 spiro atoms. The fraction of sp³-hybridized carbons (Fsp3) is 0.167. The average Bonchev–Trinajstić information content (AvgIpc) is 2.64. The summed E-state index contributed by atoms with van der Waals surface area (Å²) in [6, 6.07) is 3.66. The average molecular weight is 280 g/mol. The third-order valence-electron chi connectivity index (χ3n) is 2.24. The Morgan fingerprint density at radius 3 is 2.94 bits per heavy atom. The minimum absolute atomic E-state index is 0.0256. The van der Waals surface area contributed by atoms with Gasteiger partial charge in [0.05, 0.1) is 6.26 Å². The standard InChI is InChI=1S/C12H10BrNO2/c1-8-2-3-16-12(8)11(15)5-9-4-10(13)7-14-6-9/h2-4,6-7H,5H2,1H3. The molecule has 0 saturated heterocycles. The predicted molar refractivity (Wildman–Crippen MR) is 63.4 cm³/mol. The van der Waals surface area contributed by atoms with Crippen molar-refractivity contribution in [3.8, 4) is 0 Å². The Kier molecular flexibility index (Phi) is 3.19. The number of nitrogens with zero attached hydrogens (tertiary/aromatic N) is 1. The normalized spacial score (nSPS) is 10.4. The van der Waals surface area contributed by atoms with Crippen molar-refractivity contribution in [3.05, 3.63) is 52.1 Å². The molecule has 4 heteroatoms. The molecule has 0 radical (unpaired) electrons. The molecule has 2 aromatic rings. The number of carbonyl (C=O) groups is 1. The highest BCUT2D eigenvalue weighted by Gasteiger charge is 2.13. The fourth-order valence-corrected chi connectivity index (χ4v) is 1.89. The lowest BCUT2D eigenvalue weighted by Gasteiger charge is -2.00. The number of hydrogen-bond donors (Lipinski definition) is 0. The van der Waals surface area contributed by atoms with E-state index in [0.29, 0.717) is 12.2 Å². The number of hydrogen-bond acceptors (Lipinski definition) is 3. The van der Waals surface area contributed by atoms with Crippen molar-refractivity contribution in [2.45, 2.75) is 13.3 Å². The number of carbonyl (C=O) groups excluding carboxylic acids is 1. The van der Waals surface area contributed by atoms with Crippen molar-refractivity contribution < 1.29 is 9.21 Å². The second-order valence-corrected chi connectivity index (χ2v) is 4.46. The number of pyridine rings is 1. The van der Waals surface area contributed by atoms with Crippen LogP contribution in [0.4, 0.5) is 0 Å². The van der Waals surface area contributed by atoms with Crippen LogP contribution in [-0.2, 0) is 6.42 Å². The lowest BCUT2D eigenvalue weighted by Crippen LogP contribution is -2.04. The molecule has 82 valence electrons. The van der Waals surface area contributed by atoms with E-state index in [4.69, 9.17) is 4.42 Å². The van der Waals surface area contributed by atoms with Crippen LogP contribution in [-0.4, -0.2) is 10.8 Å². The van der Waals surface area contributed by atoms with Gasteiger partial charge in [0.1, 0.15) is 0 Å². The first kappa shape index (κ1) is 11.1. The molecule has 16 heavy (non-hydrogen) atoms. The first-order valence-electron chi connectivity index (χ1n) is 4.83. The van der Waals surface area contributed by atoms with Gasteiger partial charge in [-0.3, -0.25) is 9.78 Å².